The molecular formula is C7H13O5PS. The van der Waals surface area contributed by atoms with Gasteiger partial charge in [-0.15, -0.1) is 0 Å². The maximum Gasteiger partial charge on any atom is 0.392 e. The molecule has 7 heteroatoms. The summed E-state index contributed by atoms with van der Waals surface area (Å²) < 4.78 is 25.3. The fraction of sp³-hybridized carbons (Fsp3) is 0.571. The SMILES string of the molecule is COC(=O)/C=C(/C)SP(=O)(OC)OC. The highest BCUT2D eigenvalue weighted by molar-refractivity contribution is 8.57. The van der Waals surface area contributed by atoms with E-state index in [1.165, 1.54) is 27.4 Å². The zero-order chi connectivity index (χ0) is 11.2. The molecule has 0 aliphatic heterocycles. The van der Waals surface area contributed by atoms with Crippen LogP contribution in [0.1, 0.15) is 6.92 Å². The molecule has 0 saturated heterocycles. The van der Waals surface area contributed by atoms with Crippen molar-refractivity contribution < 1.29 is 23.1 Å². The first-order valence-corrected chi connectivity index (χ1v) is 6.61. The highest BCUT2D eigenvalue weighted by Gasteiger charge is 2.23. The molecule has 0 rings (SSSR count). The van der Waals surface area contributed by atoms with Crippen LogP contribution in [0.15, 0.2) is 11.0 Å². The molecule has 0 aromatic rings. The summed E-state index contributed by atoms with van der Waals surface area (Å²) in [5, 5.41) is 0. The maximum absolute atomic E-state index is 11.6. The molecule has 0 spiro atoms. The largest absolute Gasteiger partial charge is 0.466 e. The van der Waals surface area contributed by atoms with E-state index < -0.39 is 12.8 Å². The van der Waals surface area contributed by atoms with Crippen molar-refractivity contribution >= 4 is 24.1 Å². The number of carbonyl (C=O) groups excluding carboxylic acids is 1. The van der Waals surface area contributed by atoms with E-state index in [9.17, 15) is 9.36 Å². The maximum atomic E-state index is 11.6. The second kappa shape index (κ2) is 6.24. The summed E-state index contributed by atoms with van der Waals surface area (Å²) in [6, 6.07) is 0. The van der Waals surface area contributed by atoms with Crippen molar-refractivity contribution in [3.05, 3.63) is 11.0 Å². The Morgan fingerprint density at radius 3 is 2.14 bits per heavy atom. The van der Waals surface area contributed by atoms with E-state index in [1.807, 2.05) is 0 Å². The zero-order valence-corrected chi connectivity index (χ0v) is 10.2. The van der Waals surface area contributed by atoms with E-state index in [-0.39, 0.29) is 0 Å². The molecule has 0 aromatic carbocycles. The van der Waals surface area contributed by atoms with Gasteiger partial charge in [-0.3, -0.25) is 0 Å². The van der Waals surface area contributed by atoms with Crippen LogP contribution in [0.3, 0.4) is 0 Å². The number of hydrogen-bond donors (Lipinski definition) is 0. The van der Waals surface area contributed by atoms with Gasteiger partial charge in [0.1, 0.15) is 0 Å². The summed E-state index contributed by atoms with van der Waals surface area (Å²) in [6.07, 6.45) is 1.22. The Morgan fingerprint density at radius 1 is 1.29 bits per heavy atom. The minimum Gasteiger partial charge on any atom is -0.466 e. The lowest BCUT2D eigenvalue weighted by Crippen LogP contribution is -1.95. The monoisotopic (exact) mass is 240 g/mol. The fourth-order valence-corrected chi connectivity index (χ4v) is 3.04. The van der Waals surface area contributed by atoms with Crippen LogP contribution >= 0.6 is 18.2 Å². The Hall–Kier alpha value is -0.290. The summed E-state index contributed by atoms with van der Waals surface area (Å²) >= 11 is 0.862. The standard InChI is InChI=1S/C7H13O5PS/c1-6(5-7(8)10-2)14-13(9,11-3)12-4/h5H,1-4H3/b6-5-. The van der Waals surface area contributed by atoms with Crippen molar-refractivity contribution in [2.75, 3.05) is 21.3 Å². The fourth-order valence-electron chi connectivity index (χ4n) is 0.577. The van der Waals surface area contributed by atoms with Crippen molar-refractivity contribution in [3.63, 3.8) is 0 Å². The van der Waals surface area contributed by atoms with Crippen LogP contribution in [-0.4, -0.2) is 27.3 Å². The van der Waals surface area contributed by atoms with Crippen molar-refractivity contribution in [1.82, 2.24) is 0 Å². The second-order valence-electron chi connectivity index (χ2n) is 2.18. The van der Waals surface area contributed by atoms with Crippen LogP contribution in [0.25, 0.3) is 0 Å². The van der Waals surface area contributed by atoms with Gasteiger partial charge in [0, 0.05) is 25.2 Å². The molecule has 0 atom stereocenters. The van der Waals surface area contributed by atoms with Crippen molar-refractivity contribution in [2.45, 2.75) is 6.92 Å². The molecule has 0 bridgehead atoms. The van der Waals surface area contributed by atoms with Gasteiger partial charge in [0.2, 0.25) is 0 Å². The van der Waals surface area contributed by atoms with Crippen LogP contribution in [0.2, 0.25) is 0 Å². The number of esters is 1. The van der Waals surface area contributed by atoms with E-state index in [1.54, 1.807) is 6.92 Å². The third-order valence-corrected chi connectivity index (χ3v) is 5.18. The lowest BCUT2D eigenvalue weighted by Gasteiger charge is -2.11. The number of allylic oxidation sites excluding steroid dienone is 1. The highest BCUT2D eigenvalue weighted by atomic mass is 32.7. The average molecular weight is 240 g/mol. The van der Waals surface area contributed by atoms with Crippen LogP contribution in [-0.2, 0) is 23.1 Å². The molecule has 0 aliphatic rings. The number of hydrogen-bond acceptors (Lipinski definition) is 6. The minimum atomic E-state index is -3.16. The van der Waals surface area contributed by atoms with Crippen molar-refractivity contribution in [1.29, 1.82) is 0 Å². The molecule has 82 valence electrons. The van der Waals surface area contributed by atoms with Crippen LogP contribution in [0.4, 0.5) is 0 Å². The van der Waals surface area contributed by atoms with Gasteiger partial charge < -0.3 is 13.8 Å². The third-order valence-electron chi connectivity index (χ3n) is 1.23. The van der Waals surface area contributed by atoms with Gasteiger partial charge >= 0.3 is 12.8 Å². The molecule has 0 unspecified atom stereocenters. The predicted molar refractivity (Wildman–Crippen MR) is 55.0 cm³/mol. The Balaban J connectivity index is 4.44. The third kappa shape index (κ3) is 4.81. The Kier molecular flexibility index (Phi) is 6.11. The Labute approximate surface area is 87.1 Å². The first-order chi connectivity index (χ1) is 6.47. The molecule has 0 aliphatic carbocycles. The normalized spacial score (nSPS) is 12.7. The summed E-state index contributed by atoms with van der Waals surface area (Å²) in [7, 11) is 3.83. The quantitative estimate of drug-likeness (QED) is 0.417. The Morgan fingerprint density at radius 2 is 1.79 bits per heavy atom. The number of carbonyl (C=O) groups is 1. The molecule has 0 aromatic heterocycles. The molecule has 0 heterocycles. The van der Waals surface area contributed by atoms with Gasteiger partial charge in [0.25, 0.3) is 0 Å². The molecular weight excluding hydrogens is 227 g/mol. The molecule has 5 nitrogen and oxygen atoms in total. The average Bonchev–Trinajstić information content (AvgIpc) is 2.17. The number of ether oxygens (including phenoxy) is 1. The predicted octanol–water partition coefficient (Wildman–Crippen LogP) is 2.20. The molecule has 0 fully saturated rings. The lowest BCUT2D eigenvalue weighted by molar-refractivity contribution is -0.134. The molecule has 14 heavy (non-hydrogen) atoms. The summed E-state index contributed by atoms with van der Waals surface area (Å²) in [5.41, 5.74) is 0. The molecule has 0 N–H and O–H groups in total. The first kappa shape index (κ1) is 13.7. The smallest absolute Gasteiger partial charge is 0.392 e. The summed E-state index contributed by atoms with van der Waals surface area (Å²) in [6.45, 7) is -1.55. The molecule has 0 saturated carbocycles. The van der Waals surface area contributed by atoms with Crippen LogP contribution < -0.4 is 0 Å². The van der Waals surface area contributed by atoms with E-state index >= 15 is 0 Å². The first-order valence-electron chi connectivity index (χ1n) is 3.64. The summed E-state index contributed by atoms with van der Waals surface area (Å²) in [4.78, 5) is 11.3. The number of rotatable bonds is 5. The second-order valence-corrected chi connectivity index (χ2v) is 6.52. The van der Waals surface area contributed by atoms with Crippen molar-refractivity contribution in [2.24, 2.45) is 0 Å². The van der Waals surface area contributed by atoms with Gasteiger partial charge in [-0.05, 0) is 18.3 Å². The van der Waals surface area contributed by atoms with Gasteiger partial charge in [-0.2, -0.15) is 0 Å². The van der Waals surface area contributed by atoms with E-state index in [0.717, 1.165) is 11.4 Å². The van der Waals surface area contributed by atoms with Crippen molar-refractivity contribution in [3.8, 4) is 0 Å². The highest BCUT2D eigenvalue weighted by Crippen LogP contribution is 2.62. The lowest BCUT2D eigenvalue weighted by atomic mass is 10.5. The van der Waals surface area contributed by atoms with E-state index in [2.05, 4.69) is 13.8 Å². The van der Waals surface area contributed by atoms with Gasteiger partial charge in [-0.25, -0.2) is 9.36 Å². The van der Waals surface area contributed by atoms with Gasteiger partial charge in [0.15, 0.2) is 0 Å². The minimum absolute atomic E-state index is 0.504. The van der Waals surface area contributed by atoms with Gasteiger partial charge in [0.05, 0.1) is 7.11 Å². The summed E-state index contributed by atoms with van der Waals surface area (Å²) in [5.74, 6) is -0.506. The van der Waals surface area contributed by atoms with E-state index in [0.29, 0.717) is 4.91 Å². The van der Waals surface area contributed by atoms with Gasteiger partial charge in [-0.1, -0.05) is 0 Å². The number of methoxy groups -OCH3 is 1. The van der Waals surface area contributed by atoms with Crippen LogP contribution in [0, 0.1) is 0 Å². The topological polar surface area (TPSA) is 61.8 Å². The molecule has 0 amide bonds. The van der Waals surface area contributed by atoms with Crippen LogP contribution in [0.5, 0.6) is 0 Å². The van der Waals surface area contributed by atoms with E-state index in [4.69, 9.17) is 0 Å². The zero-order valence-electron chi connectivity index (χ0n) is 8.47. The Bertz CT molecular complexity index is 267. The molecule has 0 radical (unpaired) electrons.